The van der Waals surface area contributed by atoms with Crippen molar-refractivity contribution in [1.29, 1.82) is 0 Å². The van der Waals surface area contributed by atoms with E-state index in [2.05, 4.69) is 15.2 Å². The highest BCUT2D eigenvalue weighted by atomic mass is 19.4. The fourth-order valence-electron chi connectivity index (χ4n) is 3.38. The lowest BCUT2D eigenvalue weighted by molar-refractivity contribution is -0.137. The number of hydrogen-bond acceptors (Lipinski definition) is 3. The minimum atomic E-state index is -4.33. The van der Waals surface area contributed by atoms with E-state index in [9.17, 15) is 13.2 Å². The summed E-state index contributed by atoms with van der Waals surface area (Å²) in [6, 6.07) is 2.66. The van der Waals surface area contributed by atoms with Crippen LogP contribution in [0, 0.1) is 5.92 Å². The zero-order chi connectivity index (χ0) is 15.0. The maximum absolute atomic E-state index is 13.1. The van der Waals surface area contributed by atoms with Crippen LogP contribution in [-0.4, -0.2) is 24.1 Å². The molecule has 2 bridgehead atoms. The Labute approximate surface area is 122 Å². The van der Waals surface area contributed by atoms with Crippen LogP contribution in [-0.2, 0) is 6.18 Å². The Morgan fingerprint density at radius 2 is 2.14 bits per heavy atom. The van der Waals surface area contributed by atoms with Crippen LogP contribution < -0.4 is 10.2 Å². The predicted octanol–water partition coefficient (Wildman–Crippen LogP) is 3.91. The van der Waals surface area contributed by atoms with Crippen molar-refractivity contribution < 1.29 is 13.2 Å². The summed E-state index contributed by atoms with van der Waals surface area (Å²) >= 11 is 0. The number of aromatic nitrogens is 1. The summed E-state index contributed by atoms with van der Waals surface area (Å²) in [5.41, 5.74) is -0.617. The Balaban J connectivity index is 1.91. The maximum atomic E-state index is 13.1. The summed E-state index contributed by atoms with van der Waals surface area (Å²) < 4.78 is 39.2. The van der Waals surface area contributed by atoms with E-state index < -0.39 is 11.7 Å². The third-order valence-electron chi connectivity index (χ3n) is 4.40. The first-order valence-corrected chi connectivity index (χ1v) is 7.57. The van der Waals surface area contributed by atoms with Crippen molar-refractivity contribution in [2.45, 2.75) is 44.8 Å². The first-order valence-electron chi connectivity index (χ1n) is 7.57. The van der Waals surface area contributed by atoms with E-state index in [1.807, 2.05) is 6.92 Å². The van der Waals surface area contributed by atoms with Crippen LogP contribution in [0.5, 0.6) is 0 Å². The summed E-state index contributed by atoms with van der Waals surface area (Å²) in [5, 5.41) is 2.98. The van der Waals surface area contributed by atoms with Crippen LogP contribution in [0.4, 0.5) is 24.8 Å². The Hall–Kier alpha value is -1.46. The Morgan fingerprint density at radius 3 is 2.71 bits per heavy atom. The Kier molecular flexibility index (Phi) is 3.71. The molecule has 2 heterocycles. The Morgan fingerprint density at radius 1 is 1.33 bits per heavy atom. The molecule has 0 aromatic carbocycles. The molecule has 1 saturated carbocycles. The lowest BCUT2D eigenvalue weighted by Gasteiger charge is -2.29. The number of hydrogen-bond donors (Lipinski definition) is 1. The monoisotopic (exact) mass is 299 g/mol. The predicted molar refractivity (Wildman–Crippen MR) is 76.5 cm³/mol. The molecule has 2 aliphatic rings. The highest BCUT2D eigenvalue weighted by molar-refractivity contribution is 5.53. The fourth-order valence-corrected chi connectivity index (χ4v) is 3.38. The molecule has 2 fully saturated rings. The van der Waals surface area contributed by atoms with E-state index in [4.69, 9.17) is 0 Å². The van der Waals surface area contributed by atoms with Crippen molar-refractivity contribution >= 4 is 11.6 Å². The average molecular weight is 299 g/mol. The molecule has 21 heavy (non-hydrogen) atoms. The number of nitrogens with one attached hydrogen (secondary N) is 1. The summed E-state index contributed by atoms with van der Waals surface area (Å²) in [4.78, 5) is 6.46. The van der Waals surface area contributed by atoms with E-state index in [1.165, 1.54) is 12.5 Å². The second-order valence-corrected chi connectivity index (χ2v) is 6.01. The molecule has 1 aliphatic carbocycles. The van der Waals surface area contributed by atoms with Gasteiger partial charge >= 0.3 is 6.18 Å². The molecule has 1 aromatic rings. The first kappa shape index (κ1) is 14.5. The van der Waals surface area contributed by atoms with Crippen molar-refractivity contribution in [3.8, 4) is 0 Å². The van der Waals surface area contributed by atoms with E-state index in [-0.39, 0.29) is 0 Å². The number of rotatable bonds is 4. The quantitative estimate of drug-likeness (QED) is 0.913. The number of halogens is 3. The van der Waals surface area contributed by atoms with Gasteiger partial charge in [-0.2, -0.15) is 13.2 Å². The lowest BCUT2D eigenvalue weighted by Crippen LogP contribution is -2.33. The summed E-state index contributed by atoms with van der Waals surface area (Å²) in [6.45, 7) is 3.44. The topological polar surface area (TPSA) is 28.2 Å². The summed E-state index contributed by atoms with van der Waals surface area (Å²) in [7, 11) is 0. The molecule has 1 N–H and O–H groups in total. The largest absolute Gasteiger partial charge is 0.416 e. The van der Waals surface area contributed by atoms with Gasteiger partial charge in [0, 0.05) is 19.1 Å². The number of anilines is 2. The number of pyridine rings is 1. The van der Waals surface area contributed by atoms with E-state index in [1.54, 1.807) is 0 Å². The van der Waals surface area contributed by atoms with Crippen LogP contribution in [0.2, 0.25) is 0 Å². The summed E-state index contributed by atoms with van der Waals surface area (Å²) in [6.07, 6.45) is -0.127. The van der Waals surface area contributed by atoms with Gasteiger partial charge in [0.15, 0.2) is 0 Å². The van der Waals surface area contributed by atoms with Crippen LogP contribution in [0.15, 0.2) is 12.1 Å². The van der Waals surface area contributed by atoms with Gasteiger partial charge in [-0.15, -0.1) is 0 Å². The van der Waals surface area contributed by atoms with E-state index >= 15 is 0 Å². The van der Waals surface area contributed by atoms with Gasteiger partial charge in [-0.05, 0) is 43.7 Å². The number of nitrogens with zero attached hydrogens (tertiary/aromatic N) is 2. The fraction of sp³-hybridized carbons (Fsp3) is 0.667. The lowest BCUT2D eigenvalue weighted by atomic mass is 10.1. The minimum Gasteiger partial charge on any atom is -0.370 e. The zero-order valence-electron chi connectivity index (χ0n) is 12.1. The van der Waals surface area contributed by atoms with Crippen molar-refractivity contribution in [3.63, 3.8) is 0 Å². The van der Waals surface area contributed by atoms with Gasteiger partial charge in [-0.1, -0.05) is 6.92 Å². The first-order chi connectivity index (χ1) is 9.97. The molecule has 2 atom stereocenters. The second-order valence-electron chi connectivity index (χ2n) is 6.01. The minimum absolute atomic E-state index is 0.324. The molecule has 0 radical (unpaired) electrons. The van der Waals surface area contributed by atoms with Gasteiger partial charge in [0.05, 0.1) is 5.56 Å². The average Bonchev–Trinajstić information content (AvgIpc) is 3.06. The van der Waals surface area contributed by atoms with Crippen LogP contribution in [0.25, 0.3) is 0 Å². The normalized spacial score (nSPS) is 24.7. The molecular weight excluding hydrogens is 279 g/mol. The van der Waals surface area contributed by atoms with Gasteiger partial charge in [-0.3, -0.25) is 0 Å². The smallest absolute Gasteiger partial charge is 0.370 e. The van der Waals surface area contributed by atoms with Crippen LogP contribution in [0.3, 0.4) is 0 Å². The van der Waals surface area contributed by atoms with Crippen molar-refractivity contribution in [3.05, 3.63) is 17.7 Å². The molecule has 2 unspecified atom stereocenters. The maximum Gasteiger partial charge on any atom is 0.416 e. The summed E-state index contributed by atoms with van der Waals surface area (Å²) in [5.74, 6) is 1.42. The standard InChI is InChI=1S/C15H20F3N3/c1-2-5-19-13-7-11(15(16,17)18)8-14(20-13)21-9-10-3-4-12(21)6-10/h7-8,10,12H,2-6,9H2,1H3,(H,19,20). The van der Waals surface area contributed by atoms with Crippen molar-refractivity contribution in [2.24, 2.45) is 5.92 Å². The molecule has 3 rings (SSSR count). The van der Waals surface area contributed by atoms with Gasteiger partial charge in [-0.25, -0.2) is 4.98 Å². The number of piperidine rings is 1. The Bertz CT molecular complexity index is 515. The zero-order valence-corrected chi connectivity index (χ0v) is 12.1. The molecule has 6 heteroatoms. The van der Waals surface area contributed by atoms with Crippen molar-refractivity contribution in [1.82, 2.24) is 4.98 Å². The third-order valence-corrected chi connectivity index (χ3v) is 4.40. The van der Waals surface area contributed by atoms with E-state index in [0.717, 1.165) is 31.9 Å². The molecule has 1 aliphatic heterocycles. The van der Waals surface area contributed by atoms with E-state index in [0.29, 0.717) is 30.1 Å². The van der Waals surface area contributed by atoms with Gasteiger partial charge in [0.25, 0.3) is 0 Å². The SMILES string of the molecule is CCCNc1cc(C(F)(F)F)cc(N2CC3CCC2C3)n1. The van der Waals surface area contributed by atoms with Crippen molar-refractivity contribution in [2.75, 3.05) is 23.3 Å². The van der Waals surface area contributed by atoms with Gasteiger partial charge < -0.3 is 10.2 Å². The van der Waals surface area contributed by atoms with Crippen LogP contribution in [0.1, 0.15) is 38.2 Å². The number of alkyl halides is 3. The molecule has 0 amide bonds. The molecule has 1 saturated heterocycles. The molecular formula is C15H20F3N3. The van der Waals surface area contributed by atoms with Gasteiger partial charge in [0.2, 0.25) is 0 Å². The highest BCUT2D eigenvalue weighted by Crippen LogP contribution is 2.41. The van der Waals surface area contributed by atoms with Crippen LogP contribution >= 0.6 is 0 Å². The number of fused-ring (bicyclic) bond motifs is 2. The molecule has 116 valence electrons. The molecule has 1 aromatic heterocycles. The second kappa shape index (κ2) is 5.39. The third kappa shape index (κ3) is 2.94. The van der Waals surface area contributed by atoms with Gasteiger partial charge in [0.1, 0.15) is 11.6 Å². The highest BCUT2D eigenvalue weighted by Gasteiger charge is 2.39. The molecule has 3 nitrogen and oxygen atoms in total. The molecule has 0 spiro atoms.